The zero-order chi connectivity index (χ0) is 16.4. The Labute approximate surface area is 131 Å². The van der Waals surface area contributed by atoms with E-state index in [1.54, 1.807) is 12.3 Å². The summed E-state index contributed by atoms with van der Waals surface area (Å²) in [5.74, 6) is -0.922. The van der Waals surface area contributed by atoms with E-state index in [1.165, 1.54) is 12.0 Å². The highest BCUT2D eigenvalue weighted by atomic mass is 16.5. The summed E-state index contributed by atoms with van der Waals surface area (Å²) in [5, 5.41) is 19.8. The number of H-pyrrole nitrogens is 1. The standard InChI is InChI=1S/C15H16N4O4/c1-23-15(22)10-8-19(5-6-20)14(21)13(10)17-11-4-2-3-9-7-16-18-12(9)11/h2-4,7,17,20H,5-6,8H2,1H3,(H,16,18). The van der Waals surface area contributed by atoms with Gasteiger partial charge in [-0.05, 0) is 6.07 Å². The molecule has 8 nitrogen and oxygen atoms in total. The molecule has 1 aromatic carbocycles. The van der Waals surface area contributed by atoms with Crippen LogP contribution < -0.4 is 5.32 Å². The van der Waals surface area contributed by atoms with Crippen molar-refractivity contribution in [3.8, 4) is 0 Å². The van der Waals surface area contributed by atoms with Gasteiger partial charge in [0.05, 0.1) is 43.2 Å². The van der Waals surface area contributed by atoms with E-state index >= 15 is 0 Å². The van der Waals surface area contributed by atoms with E-state index in [-0.39, 0.29) is 36.9 Å². The summed E-state index contributed by atoms with van der Waals surface area (Å²) in [7, 11) is 1.27. The maximum absolute atomic E-state index is 12.5. The molecule has 1 aromatic heterocycles. The lowest BCUT2D eigenvalue weighted by Crippen LogP contribution is -2.31. The number of carbonyl (C=O) groups excluding carboxylic acids is 2. The molecule has 0 radical (unpaired) electrons. The number of esters is 1. The van der Waals surface area contributed by atoms with Crippen molar-refractivity contribution in [2.75, 3.05) is 32.1 Å². The molecule has 0 atom stereocenters. The molecule has 23 heavy (non-hydrogen) atoms. The molecule has 2 aromatic rings. The third kappa shape index (κ3) is 2.64. The van der Waals surface area contributed by atoms with Crippen molar-refractivity contribution in [1.29, 1.82) is 0 Å². The number of methoxy groups -OCH3 is 1. The number of β-amino-alcohol motifs (C(OH)–C–C–N with tert-alkyl or cyclic N) is 1. The van der Waals surface area contributed by atoms with Gasteiger partial charge in [-0.25, -0.2) is 4.79 Å². The fourth-order valence-corrected chi connectivity index (χ4v) is 2.56. The molecule has 3 rings (SSSR count). The second kappa shape index (κ2) is 6.09. The highest BCUT2D eigenvalue weighted by Crippen LogP contribution is 2.26. The predicted octanol–water partition coefficient (Wildman–Crippen LogP) is 0.236. The molecule has 1 aliphatic heterocycles. The number of aliphatic hydroxyl groups is 1. The van der Waals surface area contributed by atoms with Gasteiger partial charge >= 0.3 is 5.97 Å². The first kappa shape index (κ1) is 15.0. The van der Waals surface area contributed by atoms with Crippen LogP contribution in [-0.4, -0.2) is 58.9 Å². The van der Waals surface area contributed by atoms with Gasteiger partial charge in [-0.2, -0.15) is 5.10 Å². The van der Waals surface area contributed by atoms with Crippen LogP contribution in [0.15, 0.2) is 35.7 Å². The Morgan fingerprint density at radius 2 is 2.35 bits per heavy atom. The number of amides is 1. The molecule has 120 valence electrons. The Bertz CT molecular complexity index is 796. The van der Waals surface area contributed by atoms with Gasteiger partial charge in [-0.3, -0.25) is 9.89 Å². The molecule has 0 bridgehead atoms. The van der Waals surface area contributed by atoms with Crippen molar-refractivity contribution in [2.24, 2.45) is 0 Å². The Kier molecular flexibility index (Phi) is 3.98. The van der Waals surface area contributed by atoms with Gasteiger partial charge in [0.15, 0.2) is 0 Å². The number of carbonyl (C=O) groups is 2. The first-order valence-electron chi connectivity index (χ1n) is 7.06. The maximum atomic E-state index is 12.5. The number of ether oxygens (including phenoxy) is 1. The van der Waals surface area contributed by atoms with E-state index in [9.17, 15) is 9.59 Å². The summed E-state index contributed by atoms with van der Waals surface area (Å²) in [5.41, 5.74) is 1.77. The van der Waals surface area contributed by atoms with Crippen LogP contribution in [0.3, 0.4) is 0 Å². The van der Waals surface area contributed by atoms with Gasteiger partial charge in [0.1, 0.15) is 5.70 Å². The average molecular weight is 316 g/mol. The monoisotopic (exact) mass is 316 g/mol. The minimum Gasteiger partial charge on any atom is -0.466 e. The summed E-state index contributed by atoms with van der Waals surface area (Å²) in [6.45, 7) is 0.0791. The number of aromatic amines is 1. The zero-order valence-corrected chi connectivity index (χ0v) is 12.5. The van der Waals surface area contributed by atoms with E-state index in [4.69, 9.17) is 9.84 Å². The number of nitrogens with one attached hydrogen (secondary N) is 2. The first-order chi connectivity index (χ1) is 11.2. The number of hydrogen-bond acceptors (Lipinski definition) is 6. The Balaban J connectivity index is 1.98. The summed E-state index contributed by atoms with van der Waals surface area (Å²) >= 11 is 0. The van der Waals surface area contributed by atoms with E-state index < -0.39 is 5.97 Å². The third-order valence-corrected chi connectivity index (χ3v) is 3.69. The van der Waals surface area contributed by atoms with Gasteiger partial charge in [-0.1, -0.05) is 12.1 Å². The molecule has 1 aliphatic rings. The van der Waals surface area contributed by atoms with E-state index in [0.717, 1.165) is 10.9 Å². The number of hydrogen-bond donors (Lipinski definition) is 3. The molecule has 8 heteroatoms. The average Bonchev–Trinajstić information content (AvgIpc) is 3.15. The van der Waals surface area contributed by atoms with Crippen LogP contribution in [0, 0.1) is 0 Å². The molecule has 0 saturated carbocycles. The summed E-state index contributed by atoms with van der Waals surface area (Å²) in [6, 6.07) is 5.49. The first-order valence-corrected chi connectivity index (χ1v) is 7.06. The fourth-order valence-electron chi connectivity index (χ4n) is 2.56. The van der Waals surface area contributed by atoms with E-state index in [0.29, 0.717) is 5.69 Å². The second-order valence-electron chi connectivity index (χ2n) is 5.06. The molecular weight excluding hydrogens is 300 g/mol. The van der Waals surface area contributed by atoms with Crippen molar-refractivity contribution in [2.45, 2.75) is 0 Å². The highest BCUT2D eigenvalue weighted by Gasteiger charge is 2.34. The van der Waals surface area contributed by atoms with Crippen LogP contribution in [0.5, 0.6) is 0 Å². The largest absolute Gasteiger partial charge is 0.466 e. The van der Waals surface area contributed by atoms with Crippen molar-refractivity contribution in [3.05, 3.63) is 35.7 Å². The van der Waals surface area contributed by atoms with Crippen LogP contribution >= 0.6 is 0 Å². The molecule has 3 N–H and O–H groups in total. The molecule has 2 heterocycles. The van der Waals surface area contributed by atoms with Crippen molar-refractivity contribution in [1.82, 2.24) is 15.1 Å². The number of para-hydroxylation sites is 1. The molecule has 0 saturated heterocycles. The Hall–Kier alpha value is -2.87. The topological polar surface area (TPSA) is 108 Å². The highest BCUT2D eigenvalue weighted by molar-refractivity contribution is 6.09. The minimum atomic E-state index is -0.571. The molecule has 0 aliphatic carbocycles. The number of nitrogens with zero attached hydrogens (tertiary/aromatic N) is 2. The Morgan fingerprint density at radius 3 is 3.09 bits per heavy atom. The number of anilines is 1. The number of aliphatic hydroxyl groups excluding tert-OH is 1. The molecular formula is C15H16N4O4. The predicted molar refractivity (Wildman–Crippen MR) is 82.4 cm³/mol. The normalized spacial score (nSPS) is 14.7. The second-order valence-corrected chi connectivity index (χ2v) is 5.06. The molecule has 0 unspecified atom stereocenters. The molecule has 0 fully saturated rings. The number of rotatable bonds is 5. The van der Waals surface area contributed by atoms with Gasteiger partial charge in [0, 0.05) is 11.9 Å². The quantitative estimate of drug-likeness (QED) is 0.682. The van der Waals surface area contributed by atoms with Crippen molar-refractivity contribution >= 4 is 28.5 Å². The number of fused-ring (bicyclic) bond motifs is 1. The van der Waals surface area contributed by atoms with Crippen LogP contribution in [0.25, 0.3) is 10.9 Å². The van der Waals surface area contributed by atoms with E-state index in [1.807, 2.05) is 12.1 Å². The maximum Gasteiger partial charge on any atom is 0.337 e. The number of aromatic nitrogens is 2. The summed E-state index contributed by atoms with van der Waals surface area (Å²) < 4.78 is 4.75. The van der Waals surface area contributed by atoms with Gasteiger partial charge in [-0.15, -0.1) is 0 Å². The lowest BCUT2D eigenvalue weighted by Gasteiger charge is -2.15. The smallest absolute Gasteiger partial charge is 0.337 e. The summed E-state index contributed by atoms with van der Waals surface area (Å²) in [4.78, 5) is 25.8. The van der Waals surface area contributed by atoms with Gasteiger partial charge in [0.2, 0.25) is 0 Å². The third-order valence-electron chi connectivity index (χ3n) is 3.69. The summed E-state index contributed by atoms with van der Waals surface area (Å²) in [6.07, 6.45) is 1.67. The number of benzene rings is 1. The van der Waals surface area contributed by atoms with Gasteiger partial charge < -0.3 is 20.1 Å². The SMILES string of the molecule is COC(=O)C1=C(Nc2cccc3cn[nH]c23)C(=O)N(CCO)C1. The fraction of sp³-hybridized carbons (Fsp3) is 0.267. The lowest BCUT2D eigenvalue weighted by molar-refractivity contribution is -0.136. The molecule has 0 spiro atoms. The van der Waals surface area contributed by atoms with Crippen LogP contribution in [0.1, 0.15) is 0 Å². The van der Waals surface area contributed by atoms with Crippen molar-refractivity contribution in [3.63, 3.8) is 0 Å². The zero-order valence-electron chi connectivity index (χ0n) is 12.5. The van der Waals surface area contributed by atoms with Crippen LogP contribution in [0.4, 0.5) is 5.69 Å². The lowest BCUT2D eigenvalue weighted by atomic mass is 10.2. The van der Waals surface area contributed by atoms with Crippen molar-refractivity contribution < 1.29 is 19.4 Å². The Morgan fingerprint density at radius 1 is 1.52 bits per heavy atom. The van der Waals surface area contributed by atoms with Crippen LogP contribution in [-0.2, 0) is 14.3 Å². The van der Waals surface area contributed by atoms with E-state index in [2.05, 4.69) is 15.5 Å². The molecule has 1 amide bonds. The minimum absolute atomic E-state index is 0.105. The van der Waals surface area contributed by atoms with Gasteiger partial charge in [0.25, 0.3) is 5.91 Å². The van der Waals surface area contributed by atoms with Crippen LogP contribution in [0.2, 0.25) is 0 Å².